The number of amides is 1. The van der Waals surface area contributed by atoms with Crippen molar-refractivity contribution in [1.82, 2.24) is 14.8 Å². The molecular weight excluding hydrogens is 342 g/mol. The third-order valence-corrected chi connectivity index (χ3v) is 5.53. The number of hydrogen-bond acceptors (Lipinski definition) is 4. The molecule has 0 radical (unpaired) electrons. The molecule has 0 saturated carbocycles. The summed E-state index contributed by atoms with van der Waals surface area (Å²) in [4.78, 5) is 32.6. The number of likely N-dealkylation sites (tertiary alicyclic amines) is 1. The number of piperidine rings is 1. The summed E-state index contributed by atoms with van der Waals surface area (Å²) in [5.74, 6) is -0.198. The number of fused-ring (bicyclic) bond motifs is 1. The van der Waals surface area contributed by atoms with Crippen LogP contribution in [0, 0.1) is 0 Å². The van der Waals surface area contributed by atoms with Crippen LogP contribution in [-0.4, -0.2) is 66.1 Å². The first-order valence-corrected chi connectivity index (χ1v) is 9.96. The predicted molar refractivity (Wildman–Crippen MR) is 105 cm³/mol. The second kappa shape index (κ2) is 8.23. The Hall–Kier alpha value is -2.18. The molecule has 6 heteroatoms. The molecule has 0 spiro atoms. The first-order valence-electron chi connectivity index (χ1n) is 9.96. The zero-order valence-electron chi connectivity index (χ0n) is 15.7. The zero-order valence-corrected chi connectivity index (χ0v) is 15.7. The third kappa shape index (κ3) is 4.22. The number of H-pyrrole nitrogens is 1. The number of carbonyl (C=O) groups excluding carboxylic acids is 1. The number of carbonyl (C=O) groups is 1. The van der Waals surface area contributed by atoms with Crippen molar-refractivity contribution in [2.75, 3.05) is 39.3 Å². The number of hydrogen-bond donors (Lipinski definition) is 1. The van der Waals surface area contributed by atoms with E-state index in [-0.39, 0.29) is 23.1 Å². The Morgan fingerprint density at radius 2 is 1.93 bits per heavy atom. The van der Waals surface area contributed by atoms with Gasteiger partial charge in [-0.1, -0.05) is 24.6 Å². The van der Waals surface area contributed by atoms with Gasteiger partial charge in [0.15, 0.2) is 0 Å². The summed E-state index contributed by atoms with van der Waals surface area (Å²) in [6.07, 6.45) is 4.59. The highest BCUT2D eigenvalue weighted by atomic mass is 16.5. The summed E-state index contributed by atoms with van der Waals surface area (Å²) in [6, 6.07) is 9.24. The molecular formula is C21H27N3O3. The van der Waals surface area contributed by atoms with E-state index in [1.807, 2.05) is 24.3 Å². The first kappa shape index (κ1) is 18.2. The largest absolute Gasteiger partial charge is 0.375 e. The van der Waals surface area contributed by atoms with Gasteiger partial charge >= 0.3 is 0 Å². The predicted octanol–water partition coefficient (Wildman–Crippen LogP) is 2.25. The molecule has 1 atom stereocenters. The van der Waals surface area contributed by atoms with Crippen LogP contribution < -0.4 is 5.56 Å². The zero-order chi connectivity index (χ0) is 18.6. The molecule has 144 valence electrons. The quantitative estimate of drug-likeness (QED) is 0.901. The lowest BCUT2D eigenvalue weighted by Gasteiger charge is -2.31. The van der Waals surface area contributed by atoms with Crippen LogP contribution in [0.2, 0.25) is 0 Å². The molecule has 0 unspecified atom stereocenters. The van der Waals surface area contributed by atoms with E-state index in [2.05, 4.69) is 9.88 Å². The molecule has 1 amide bonds. The second-order valence-corrected chi connectivity index (χ2v) is 7.56. The Kier molecular flexibility index (Phi) is 5.55. The molecule has 1 N–H and O–H groups in total. The number of benzene rings is 1. The van der Waals surface area contributed by atoms with Gasteiger partial charge in [0.25, 0.3) is 11.5 Å². The Morgan fingerprint density at radius 3 is 2.78 bits per heavy atom. The molecule has 2 fully saturated rings. The minimum Gasteiger partial charge on any atom is -0.375 e. The Bertz CT molecular complexity index is 857. The maximum atomic E-state index is 13.1. The summed E-state index contributed by atoms with van der Waals surface area (Å²) in [7, 11) is 0. The Balaban J connectivity index is 1.51. The average molecular weight is 369 g/mol. The van der Waals surface area contributed by atoms with Crippen molar-refractivity contribution in [3.8, 4) is 0 Å². The molecule has 2 aromatic rings. The minimum absolute atomic E-state index is 0.00841. The smallest absolute Gasteiger partial charge is 0.261 e. The molecule has 2 aliphatic rings. The standard InChI is InChI=1S/C21H27N3O3/c25-20-18(13-16-7-2-3-8-19(16)22-20)21(26)24-11-6-12-27-17(15-24)14-23-9-4-1-5-10-23/h2-3,7-8,13,17H,1,4-6,9-12,14-15H2,(H,22,25)/t17-/m0/s1. The van der Waals surface area contributed by atoms with Crippen molar-refractivity contribution in [1.29, 1.82) is 0 Å². The van der Waals surface area contributed by atoms with Crippen LogP contribution >= 0.6 is 0 Å². The fourth-order valence-electron chi connectivity index (χ4n) is 4.10. The summed E-state index contributed by atoms with van der Waals surface area (Å²) in [6.45, 7) is 4.91. The highest BCUT2D eigenvalue weighted by Gasteiger charge is 2.27. The van der Waals surface area contributed by atoms with Crippen molar-refractivity contribution in [3.63, 3.8) is 0 Å². The maximum absolute atomic E-state index is 13.1. The normalized spacial score (nSPS) is 21.9. The van der Waals surface area contributed by atoms with Gasteiger partial charge < -0.3 is 19.5 Å². The molecule has 1 aromatic carbocycles. The van der Waals surface area contributed by atoms with Crippen molar-refractivity contribution >= 4 is 16.8 Å². The lowest BCUT2D eigenvalue weighted by molar-refractivity contribution is 0.0216. The molecule has 1 aromatic heterocycles. The first-order chi connectivity index (χ1) is 13.2. The van der Waals surface area contributed by atoms with Gasteiger partial charge in [0.05, 0.1) is 6.10 Å². The van der Waals surface area contributed by atoms with E-state index in [9.17, 15) is 9.59 Å². The van der Waals surface area contributed by atoms with E-state index in [1.165, 1.54) is 19.3 Å². The molecule has 4 rings (SSSR count). The van der Waals surface area contributed by atoms with Gasteiger partial charge in [-0.2, -0.15) is 0 Å². The number of nitrogens with one attached hydrogen (secondary N) is 1. The van der Waals surface area contributed by atoms with Crippen LogP contribution in [0.1, 0.15) is 36.0 Å². The van der Waals surface area contributed by atoms with Crippen LogP contribution in [0.5, 0.6) is 0 Å². The monoisotopic (exact) mass is 369 g/mol. The fourth-order valence-corrected chi connectivity index (χ4v) is 4.10. The highest BCUT2D eigenvalue weighted by Crippen LogP contribution is 2.16. The Morgan fingerprint density at radius 1 is 1.11 bits per heavy atom. The molecule has 27 heavy (non-hydrogen) atoms. The highest BCUT2D eigenvalue weighted by molar-refractivity contribution is 5.97. The Labute approximate surface area is 159 Å². The molecule has 6 nitrogen and oxygen atoms in total. The van der Waals surface area contributed by atoms with E-state index in [0.29, 0.717) is 19.7 Å². The lowest BCUT2D eigenvalue weighted by atomic mass is 10.1. The molecule has 0 aliphatic carbocycles. The van der Waals surface area contributed by atoms with Crippen molar-refractivity contribution in [2.45, 2.75) is 31.8 Å². The summed E-state index contributed by atoms with van der Waals surface area (Å²) < 4.78 is 6.00. The van der Waals surface area contributed by atoms with Crippen LogP contribution in [0.15, 0.2) is 35.1 Å². The number of nitrogens with zero attached hydrogens (tertiary/aromatic N) is 2. The van der Waals surface area contributed by atoms with E-state index in [0.717, 1.165) is 37.0 Å². The van der Waals surface area contributed by atoms with Gasteiger partial charge in [-0.25, -0.2) is 0 Å². The second-order valence-electron chi connectivity index (χ2n) is 7.56. The van der Waals surface area contributed by atoms with Crippen LogP contribution in [-0.2, 0) is 4.74 Å². The molecule has 2 saturated heterocycles. The van der Waals surface area contributed by atoms with Gasteiger partial charge in [0, 0.05) is 31.8 Å². The van der Waals surface area contributed by atoms with Gasteiger partial charge in [-0.05, 0) is 49.9 Å². The number of aromatic nitrogens is 1. The minimum atomic E-state index is -0.323. The number of pyridine rings is 1. The topological polar surface area (TPSA) is 65.6 Å². The average Bonchev–Trinajstić information content (AvgIpc) is 2.93. The lowest BCUT2D eigenvalue weighted by Crippen LogP contribution is -2.44. The third-order valence-electron chi connectivity index (χ3n) is 5.53. The SMILES string of the molecule is O=C(c1cc2ccccc2[nH]c1=O)N1CCCO[C@@H](CN2CCCCC2)C1. The summed E-state index contributed by atoms with van der Waals surface area (Å²) in [5, 5.41) is 0.872. The fraction of sp³-hybridized carbons (Fsp3) is 0.524. The maximum Gasteiger partial charge on any atom is 0.261 e. The number of ether oxygens (including phenoxy) is 1. The summed E-state index contributed by atoms with van der Waals surface area (Å²) in [5.41, 5.74) is 0.644. The summed E-state index contributed by atoms with van der Waals surface area (Å²) >= 11 is 0. The van der Waals surface area contributed by atoms with Gasteiger partial charge in [-0.3, -0.25) is 9.59 Å². The van der Waals surface area contributed by atoms with Crippen molar-refractivity contribution in [2.24, 2.45) is 0 Å². The van der Waals surface area contributed by atoms with Crippen LogP contribution in [0.4, 0.5) is 0 Å². The van der Waals surface area contributed by atoms with E-state index in [1.54, 1.807) is 11.0 Å². The van der Waals surface area contributed by atoms with E-state index >= 15 is 0 Å². The van der Waals surface area contributed by atoms with Gasteiger partial charge in [0.2, 0.25) is 0 Å². The van der Waals surface area contributed by atoms with Gasteiger partial charge in [-0.15, -0.1) is 0 Å². The van der Waals surface area contributed by atoms with Crippen LogP contribution in [0.25, 0.3) is 10.9 Å². The van der Waals surface area contributed by atoms with Crippen molar-refractivity contribution in [3.05, 3.63) is 46.2 Å². The van der Waals surface area contributed by atoms with E-state index in [4.69, 9.17) is 4.74 Å². The van der Waals surface area contributed by atoms with Crippen LogP contribution in [0.3, 0.4) is 0 Å². The van der Waals surface area contributed by atoms with E-state index < -0.39 is 0 Å². The van der Waals surface area contributed by atoms with Crippen molar-refractivity contribution < 1.29 is 9.53 Å². The molecule has 3 heterocycles. The number of para-hydroxylation sites is 1. The molecule has 2 aliphatic heterocycles. The number of rotatable bonds is 3. The number of aromatic amines is 1. The van der Waals surface area contributed by atoms with Gasteiger partial charge in [0.1, 0.15) is 5.56 Å². The molecule has 0 bridgehead atoms.